The number of rotatable bonds is 4. The lowest BCUT2D eigenvalue weighted by atomic mass is 10.2. The quantitative estimate of drug-likeness (QED) is 0.574. The largest absolute Gasteiger partial charge is 0.389 e. The smallest absolute Gasteiger partial charge is 0.324 e. The van der Waals surface area contributed by atoms with Crippen molar-refractivity contribution in [1.82, 2.24) is 9.55 Å². The van der Waals surface area contributed by atoms with Crippen LogP contribution in [0.4, 0.5) is 22.0 Å². The van der Waals surface area contributed by atoms with Crippen molar-refractivity contribution in [3.05, 3.63) is 29.6 Å². The van der Waals surface area contributed by atoms with Gasteiger partial charge in [0.1, 0.15) is 11.3 Å². The number of alkyl halides is 4. The number of nitrogens with zero attached hydrogens (tertiary/aromatic N) is 2. The van der Waals surface area contributed by atoms with Gasteiger partial charge in [0.2, 0.25) is 0 Å². The van der Waals surface area contributed by atoms with E-state index >= 15 is 0 Å². The molecule has 0 saturated carbocycles. The van der Waals surface area contributed by atoms with Gasteiger partial charge in [-0.15, -0.1) is 11.6 Å². The highest BCUT2D eigenvalue weighted by Crippen LogP contribution is 2.29. The minimum Gasteiger partial charge on any atom is -0.324 e. The zero-order valence-corrected chi connectivity index (χ0v) is 11.8. The second-order valence-electron chi connectivity index (χ2n) is 4.69. The predicted molar refractivity (Wildman–Crippen MR) is 69.2 cm³/mol. The van der Waals surface area contributed by atoms with Crippen molar-refractivity contribution < 1.29 is 22.0 Å². The second-order valence-corrected chi connectivity index (χ2v) is 5.34. The summed E-state index contributed by atoms with van der Waals surface area (Å²) in [6, 6.07) is 2.20. The van der Waals surface area contributed by atoms with Gasteiger partial charge in [0.25, 0.3) is 0 Å². The molecule has 0 aliphatic rings. The molecule has 8 heteroatoms. The summed E-state index contributed by atoms with van der Waals surface area (Å²) in [5, 5.41) is -0.634. The molecule has 116 valence electrons. The molecule has 0 radical (unpaired) electrons. The number of hydrogen-bond donors (Lipinski definition) is 0. The Hall–Kier alpha value is -1.37. The van der Waals surface area contributed by atoms with E-state index in [2.05, 4.69) is 4.98 Å². The molecule has 0 amide bonds. The van der Waals surface area contributed by atoms with Crippen LogP contribution >= 0.6 is 11.6 Å². The summed E-state index contributed by atoms with van der Waals surface area (Å²) in [4.78, 5) is 4.07. The highest BCUT2D eigenvalue weighted by atomic mass is 35.5. The van der Waals surface area contributed by atoms with Crippen LogP contribution in [0.3, 0.4) is 0 Å². The van der Waals surface area contributed by atoms with Crippen LogP contribution < -0.4 is 0 Å². The van der Waals surface area contributed by atoms with Gasteiger partial charge in [-0.25, -0.2) is 13.8 Å². The molecule has 1 heterocycles. The lowest BCUT2D eigenvalue weighted by molar-refractivity contribution is -0.135. The Morgan fingerprint density at radius 1 is 1.29 bits per heavy atom. The first-order valence-corrected chi connectivity index (χ1v) is 6.69. The van der Waals surface area contributed by atoms with Crippen molar-refractivity contribution in [3.63, 3.8) is 0 Å². The third-order valence-electron chi connectivity index (χ3n) is 3.03. The van der Waals surface area contributed by atoms with Crippen molar-refractivity contribution in [2.24, 2.45) is 0 Å². The van der Waals surface area contributed by atoms with E-state index < -0.39 is 29.6 Å². The Morgan fingerprint density at radius 2 is 1.95 bits per heavy atom. The molecule has 0 spiro atoms. The van der Waals surface area contributed by atoms with Crippen LogP contribution in [0.5, 0.6) is 0 Å². The summed E-state index contributed by atoms with van der Waals surface area (Å²) < 4.78 is 65.1. The third kappa shape index (κ3) is 3.45. The molecular formula is C13H12ClF5N2. The standard InChI is InChI=1S/C13H12ClF5N2/c1-7(14)12-20-9-4-3-8(15)10(16)11(9)21(12)6-2-5-13(17,18)19/h3-4,7H,2,5-6H2,1H3. The molecule has 0 aliphatic carbocycles. The highest BCUT2D eigenvalue weighted by molar-refractivity contribution is 6.20. The molecule has 2 rings (SSSR count). The van der Waals surface area contributed by atoms with Gasteiger partial charge in [0.15, 0.2) is 11.6 Å². The van der Waals surface area contributed by atoms with E-state index in [1.807, 2.05) is 0 Å². The number of aromatic nitrogens is 2. The summed E-state index contributed by atoms with van der Waals surface area (Å²) >= 11 is 5.92. The monoisotopic (exact) mass is 326 g/mol. The van der Waals surface area contributed by atoms with Gasteiger partial charge >= 0.3 is 6.18 Å². The number of fused-ring (bicyclic) bond motifs is 1. The second kappa shape index (κ2) is 5.79. The Kier molecular flexibility index (Phi) is 4.41. The molecule has 0 bridgehead atoms. The van der Waals surface area contributed by atoms with Crippen LogP contribution in [0.1, 0.15) is 31.0 Å². The van der Waals surface area contributed by atoms with Crippen molar-refractivity contribution >= 4 is 22.6 Å². The first kappa shape index (κ1) is 16.0. The minimum absolute atomic E-state index is 0.136. The van der Waals surface area contributed by atoms with Gasteiger partial charge in [0.05, 0.1) is 10.9 Å². The van der Waals surface area contributed by atoms with Crippen LogP contribution in [0.15, 0.2) is 12.1 Å². The summed E-state index contributed by atoms with van der Waals surface area (Å²) in [6.07, 6.45) is -5.58. The molecule has 1 aromatic carbocycles. The summed E-state index contributed by atoms with van der Waals surface area (Å²) in [6.45, 7) is 1.43. The molecule has 1 unspecified atom stereocenters. The zero-order chi connectivity index (χ0) is 15.8. The van der Waals surface area contributed by atoms with E-state index in [4.69, 9.17) is 11.6 Å². The molecule has 1 atom stereocenters. The van der Waals surface area contributed by atoms with E-state index in [0.717, 1.165) is 6.07 Å². The van der Waals surface area contributed by atoms with Crippen molar-refractivity contribution in [1.29, 1.82) is 0 Å². The number of halogens is 6. The van der Waals surface area contributed by atoms with Crippen LogP contribution in [-0.4, -0.2) is 15.7 Å². The van der Waals surface area contributed by atoms with Gasteiger partial charge in [-0.2, -0.15) is 13.2 Å². The zero-order valence-electron chi connectivity index (χ0n) is 11.0. The van der Waals surface area contributed by atoms with E-state index in [9.17, 15) is 22.0 Å². The fourth-order valence-electron chi connectivity index (χ4n) is 2.14. The maximum atomic E-state index is 13.9. The lowest BCUT2D eigenvalue weighted by Gasteiger charge is -2.12. The molecule has 2 nitrogen and oxygen atoms in total. The van der Waals surface area contributed by atoms with Crippen molar-refractivity contribution in [3.8, 4) is 0 Å². The van der Waals surface area contributed by atoms with Gasteiger partial charge in [-0.3, -0.25) is 0 Å². The fourth-order valence-corrected chi connectivity index (χ4v) is 2.31. The summed E-state index contributed by atoms with van der Waals surface area (Å²) in [5.41, 5.74) is 0.0167. The molecule has 0 N–H and O–H groups in total. The average molecular weight is 327 g/mol. The molecule has 2 aromatic rings. The molecular weight excluding hydrogens is 315 g/mol. The molecule has 1 aromatic heterocycles. The van der Waals surface area contributed by atoms with Crippen LogP contribution in [0, 0.1) is 11.6 Å². The third-order valence-corrected chi connectivity index (χ3v) is 3.22. The normalized spacial score (nSPS) is 13.9. The number of hydrogen-bond acceptors (Lipinski definition) is 1. The topological polar surface area (TPSA) is 17.8 Å². The molecule has 0 fully saturated rings. The van der Waals surface area contributed by atoms with E-state index in [0.29, 0.717) is 0 Å². The van der Waals surface area contributed by atoms with Crippen LogP contribution in [0.25, 0.3) is 11.0 Å². The highest BCUT2D eigenvalue weighted by Gasteiger charge is 2.27. The molecule has 0 aliphatic heterocycles. The first-order valence-electron chi connectivity index (χ1n) is 6.25. The maximum Gasteiger partial charge on any atom is 0.389 e. The van der Waals surface area contributed by atoms with E-state index in [-0.39, 0.29) is 29.8 Å². The molecule has 0 saturated heterocycles. The van der Waals surface area contributed by atoms with Crippen LogP contribution in [0.2, 0.25) is 0 Å². The average Bonchev–Trinajstić information content (AvgIpc) is 2.72. The number of aryl methyl sites for hydroxylation is 1. The van der Waals surface area contributed by atoms with E-state index in [1.165, 1.54) is 10.6 Å². The minimum atomic E-state index is -4.30. The molecule has 21 heavy (non-hydrogen) atoms. The first-order chi connectivity index (χ1) is 9.70. The number of benzene rings is 1. The van der Waals surface area contributed by atoms with Gasteiger partial charge in [-0.05, 0) is 25.5 Å². The Labute approximate surface area is 122 Å². The Balaban J connectivity index is 2.43. The summed E-state index contributed by atoms with van der Waals surface area (Å²) in [5.74, 6) is -1.98. The fraction of sp³-hybridized carbons (Fsp3) is 0.462. The summed E-state index contributed by atoms with van der Waals surface area (Å²) in [7, 11) is 0. The lowest BCUT2D eigenvalue weighted by Crippen LogP contribution is -2.11. The Morgan fingerprint density at radius 3 is 2.52 bits per heavy atom. The van der Waals surface area contributed by atoms with Gasteiger partial charge < -0.3 is 4.57 Å². The number of imidazole rings is 1. The van der Waals surface area contributed by atoms with E-state index in [1.54, 1.807) is 6.92 Å². The van der Waals surface area contributed by atoms with Crippen molar-refractivity contribution in [2.45, 2.75) is 37.9 Å². The predicted octanol–water partition coefficient (Wildman–Crippen LogP) is 4.96. The maximum absolute atomic E-state index is 13.9. The van der Waals surface area contributed by atoms with Crippen molar-refractivity contribution in [2.75, 3.05) is 0 Å². The van der Waals surface area contributed by atoms with Crippen LogP contribution in [-0.2, 0) is 6.54 Å². The SMILES string of the molecule is CC(Cl)c1nc2ccc(F)c(F)c2n1CCCC(F)(F)F. The van der Waals surface area contributed by atoms with Gasteiger partial charge in [0, 0.05) is 13.0 Å². The van der Waals surface area contributed by atoms with Gasteiger partial charge in [-0.1, -0.05) is 0 Å². The Bertz CT molecular complexity index is 648.